The Bertz CT molecular complexity index is 298. The van der Waals surface area contributed by atoms with Gasteiger partial charge in [0, 0.05) is 19.6 Å². The second-order valence-corrected chi connectivity index (χ2v) is 6.02. The van der Waals surface area contributed by atoms with Gasteiger partial charge in [0.1, 0.15) is 0 Å². The van der Waals surface area contributed by atoms with Crippen LogP contribution in [0.15, 0.2) is 12.7 Å². The minimum Gasteiger partial charge on any atom is -0.341 e. The van der Waals surface area contributed by atoms with Crippen LogP contribution in [0, 0.1) is 5.92 Å². The van der Waals surface area contributed by atoms with E-state index in [0.717, 1.165) is 38.4 Å². The molecule has 0 aromatic carbocycles. The first-order chi connectivity index (χ1) is 9.58. The van der Waals surface area contributed by atoms with E-state index in [2.05, 4.69) is 25.5 Å². The van der Waals surface area contributed by atoms with Crippen molar-refractivity contribution in [3.05, 3.63) is 12.7 Å². The van der Waals surface area contributed by atoms with Gasteiger partial charge in [0.05, 0.1) is 6.04 Å². The standard InChI is InChI=1S/C16H31N3O/c1-4-6-10-18(3)13-14-8-11-19(12-9-14)16(20)15(17)7-5-2/h5,14-15H,2,4,6-13,17H2,1,3H3. The molecule has 0 bridgehead atoms. The van der Waals surface area contributed by atoms with E-state index >= 15 is 0 Å². The Morgan fingerprint density at radius 2 is 2.15 bits per heavy atom. The number of hydrogen-bond donors (Lipinski definition) is 1. The van der Waals surface area contributed by atoms with Crippen molar-refractivity contribution in [3.8, 4) is 0 Å². The van der Waals surface area contributed by atoms with E-state index < -0.39 is 6.04 Å². The minimum atomic E-state index is -0.406. The fourth-order valence-corrected chi connectivity index (χ4v) is 2.81. The second-order valence-electron chi connectivity index (χ2n) is 6.02. The smallest absolute Gasteiger partial charge is 0.239 e. The van der Waals surface area contributed by atoms with E-state index in [0.29, 0.717) is 6.42 Å². The molecule has 1 amide bonds. The van der Waals surface area contributed by atoms with Crippen molar-refractivity contribution in [1.82, 2.24) is 9.80 Å². The van der Waals surface area contributed by atoms with Gasteiger partial charge in [0.25, 0.3) is 0 Å². The summed E-state index contributed by atoms with van der Waals surface area (Å²) >= 11 is 0. The van der Waals surface area contributed by atoms with Gasteiger partial charge in [-0.3, -0.25) is 4.79 Å². The Hall–Kier alpha value is -0.870. The third-order valence-corrected chi connectivity index (χ3v) is 4.13. The summed E-state index contributed by atoms with van der Waals surface area (Å²) < 4.78 is 0. The van der Waals surface area contributed by atoms with Crippen LogP contribution in [0.3, 0.4) is 0 Å². The van der Waals surface area contributed by atoms with E-state index in [1.165, 1.54) is 19.4 Å². The zero-order chi connectivity index (χ0) is 15.0. The highest BCUT2D eigenvalue weighted by Gasteiger charge is 2.26. The summed E-state index contributed by atoms with van der Waals surface area (Å²) in [5, 5.41) is 0. The number of carbonyl (C=O) groups excluding carboxylic acids is 1. The lowest BCUT2D eigenvalue weighted by Gasteiger charge is -2.35. The molecule has 0 aromatic rings. The molecule has 4 heteroatoms. The molecule has 1 aliphatic rings. The normalized spacial score (nSPS) is 18.3. The molecular weight excluding hydrogens is 250 g/mol. The Balaban J connectivity index is 2.29. The van der Waals surface area contributed by atoms with Gasteiger partial charge in [-0.15, -0.1) is 6.58 Å². The second kappa shape index (κ2) is 9.14. The summed E-state index contributed by atoms with van der Waals surface area (Å²) in [7, 11) is 2.20. The molecule has 1 heterocycles. The van der Waals surface area contributed by atoms with Gasteiger partial charge in [-0.1, -0.05) is 19.4 Å². The highest BCUT2D eigenvalue weighted by atomic mass is 16.2. The molecule has 1 unspecified atom stereocenters. The molecular formula is C16H31N3O. The number of nitrogens with zero attached hydrogens (tertiary/aromatic N) is 2. The summed E-state index contributed by atoms with van der Waals surface area (Å²) in [6, 6.07) is -0.406. The summed E-state index contributed by atoms with van der Waals surface area (Å²) in [6.07, 6.45) is 7.01. The first-order valence-electron chi connectivity index (χ1n) is 7.92. The maximum Gasteiger partial charge on any atom is 0.239 e. The quantitative estimate of drug-likeness (QED) is 0.691. The van der Waals surface area contributed by atoms with Crippen molar-refractivity contribution >= 4 is 5.91 Å². The van der Waals surface area contributed by atoms with Gasteiger partial charge in [0.2, 0.25) is 5.91 Å². The summed E-state index contributed by atoms with van der Waals surface area (Å²) in [4.78, 5) is 16.5. The monoisotopic (exact) mass is 281 g/mol. The van der Waals surface area contributed by atoms with Crippen LogP contribution >= 0.6 is 0 Å². The minimum absolute atomic E-state index is 0.0858. The van der Waals surface area contributed by atoms with Crippen molar-refractivity contribution < 1.29 is 4.79 Å². The van der Waals surface area contributed by atoms with E-state index in [9.17, 15) is 4.79 Å². The zero-order valence-corrected chi connectivity index (χ0v) is 13.2. The van der Waals surface area contributed by atoms with Gasteiger partial charge >= 0.3 is 0 Å². The number of rotatable bonds is 8. The van der Waals surface area contributed by atoms with Crippen molar-refractivity contribution in [2.45, 2.75) is 45.1 Å². The van der Waals surface area contributed by atoms with Crippen LogP contribution in [0.5, 0.6) is 0 Å². The molecule has 2 N–H and O–H groups in total. The predicted molar refractivity (Wildman–Crippen MR) is 84.5 cm³/mol. The van der Waals surface area contributed by atoms with Crippen LogP contribution in [0.2, 0.25) is 0 Å². The average Bonchev–Trinajstić information content (AvgIpc) is 2.45. The van der Waals surface area contributed by atoms with Crippen LogP contribution in [0.1, 0.15) is 39.0 Å². The van der Waals surface area contributed by atoms with Gasteiger partial charge in [-0.05, 0) is 45.2 Å². The lowest BCUT2D eigenvalue weighted by molar-refractivity contribution is -0.134. The number of hydrogen-bond acceptors (Lipinski definition) is 3. The number of likely N-dealkylation sites (tertiary alicyclic amines) is 1. The van der Waals surface area contributed by atoms with E-state index in [-0.39, 0.29) is 5.91 Å². The third-order valence-electron chi connectivity index (χ3n) is 4.13. The molecule has 4 nitrogen and oxygen atoms in total. The Morgan fingerprint density at radius 3 is 2.70 bits per heavy atom. The molecule has 1 atom stereocenters. The van der Waals surface area contributed by atoms with Gasteiger partial charge in [-0.2, -0.15) is 0 Å². The first-order valence-corrected chi connectivity index (χ1v) is 7.92. The molecule has 1 saturated heterocycles. The van der Waals surface area contributed by atoms with E-state index in [1.807, 2.05) is 4.90 Å². The topological polar surface area (TPSA) is 49.6 Å². The van der Waals surface area contributed by atoms with Crippen molar-refractivity contribution in [2.24, 2.45) is 11.7 Å². The van der Waals surface area contributed by atoms with Crippen LogP contribution in [-0.4, -0.2) is 55.0 Å². The molecule has 1 aliphatic heterocycles. The molecule has 0 aromatic heterocycles. The third kappa shape index (κ3) is 5.63. The number of amides is 1. The number of nitrogens with two attached hydrogens (primary N) is 1. The fraction of sp³-hybridized carbons (Fsp3) is 0.812. The molecule has 1 fully saturated rings. The summed E-state index contributed by atoms with van der Waals surface area (Å²) in [5.41, 5.74) is 5.86. The van der Waals surface area contributed by atoms with Crippen LogP contribution in [0.4, 0.5) is 0 Å². The molecule has 0 aliphatic carbocycles. The summed E-state index contributed by atoms with van der Waals surface area (Å²) in [6.45, 7) is 9.92. The molecule has 116 valence electrons. The molecule has 1 rings (SSSR count). The van der Waals surface area contributed by atoms with Gasteiger partial charge in [-0.25, -0.2) is 0 Å². The maximum atomic E-state index is 12.1. The van der Waals surface area contributed by atoms with Crippen molar-refractivity contribution in [1.29, 1.82) is 0 Å². The van der Waals surface area contributed by atoms with Crippen LogP contribution in [-0.2, 0) is 4.79 Å². The fourth-order valence-electron chi connectivity index (χ4n) is 2.81. The van der Waals surface area contributed by atoms with Gasteiger partial charge in [0.15, 0.2) is 0 Å². The molecule has 20 heavy (non-hydrogen) atoms. The maximum absolute atomic E-state index is 12.1. The van der Waals surface area contributed by atoms with E-state index in [1.54, 1.807) is 6.08 Å². The van der Waals surface area contributed by atoms with E-state index in [4.69, 9.17) is 5.73 Å². The average molecular weight is 281 g/mol. The number of unbranched alkanes of at least 4 members (excludes halogenated alkanes) is 1. The van der Waals surface area contributed by atoms with Crippen LogP contribution < -0.4 is 5.73 Å². The number of carbonyl (C=O) groups is 1. The molecule has 0 spiro atoms. The summed E-state index contributed by atoms with van der Waals surface area (Å²) in [5.74, 6) is 0.805. The lowest BCUT2D eigenvalue weighted by Crippen LogP contribution is -2.48. The lowest BCUT2D eigenvalue weighted by atomic mass is 9.95. The molecule has 0 radical (unpaired) electrons. The Labute approximate surface area is 124 Å². The Kier molecular flexibility index (Phi) is 7.85. The Morgan fingerprint density at radius 1 is 1.50 bits per heavy atom. The van der Waals surface area contributed by atoms with Crippen molar-refractivity contribution in [2.75, 3.05) is 33.2 Å². The predicted octanol–water partition coefficient (Wildman–Crippen LogP) is 1.86. The van der Waals surface area contributed by atoms with Crippen molar-refractivity contribution in [3.63, 3.8) is 0 Å². The largest absolute Gasteiger partial charge is 0.341 e. The number of piperidine rings is 1. The highest BCUT2D eigenvalue weighted by Crippen LogP contribution is 2.19. The molecule has 0 saturated carbocycles. The SMILES string of the molecule is C=CCC(N)C(=O)N1CCC(CN(C)CCCC)CC1. The zero-order valence-electron chi connectivity index (χ0n) is 13.2. The first kappa shape index (κ1) is 17.2. The van der Waals surface area contributed by atoms with Gasteiger partial charge < -0.3 is 15.5 Å². The highest BCUT2D eigenvalue weighted by molar-refractivity contribution is 5.81. The van der Waals surface area contributed by atoms with Crippen LogP contribution in [0.25, 0.3) is 0 Å².